The molecule has 0 aliphatic heterocycles. The number of hydrogen-bond donors (Lipinski definition) is 2. The molecular formula is C27H32N2O5S. The van der Waals surface area contributed by atoms with Crippen molar-refractivity contribution in [1.29, 1.82) is 0 Å². The highest BCUT2D eigenvalue weighted by atomic mass is 32.2. The first-order chi connectivity index (χ1) is 16.8. The Morgan fingerprint density at radius 1 is 0.914 bits per heavy atom. The molecule has 186 valence electrons. The number of unbranched alkanes of at least 4 members (excludes halogenated alkanes) is 1. The number of rotatable bonds is 12. The van der Waals surface area contributed by atoms with Crippen molar-refractivity contribution in [3.8, 4) is 11.5 Å². The van der Waals surface area contributed by atoms with Crippen LogP contribution in [0.5, 0.6) is 11.5 Å². The lowest BCUT2D eigenvalue weighted by molar-refractivity contribution is 0.0940. The van der Waals surface area contributed by atoms with Crippen molar-refractivity contribution in [2.45, 2.75) is 44.2 Å². The molecule has 35 heavy (non-hydrogen) atoms. The molecular weight excluding hydrogens is 464 g/mol. The molecule has 0 aliphatic rings. The highest BCUT2D eigenvalue weighted by Crippen LogP contribution is 2.19. The summed E-state index contributed by atoms with van der Waals surface area (Å²) in [5.41, 5.74) is 2.22. The summed E-state index contributed by atoms with van der Waals surface area (Å²) in [7, 11) is -2.14. The number of methoxy groups -OCH3 is 1. The summed E-state index contributed by atoms with van der Waals surface area (Å²) < 4.78 is 38.3. The Labute approximate surface area is 207 Å². The largest absolute Gasteiger partial charge is 0.497 e. The molecule has 8 heteroatoms. The van der Waals surface area contributed by atoms with Crippen LogP contribution >= 0.6 is 0 Å². The van der Waals surface area contributed by atoms with Crippen molar-refractivity contribution in [2.75, 3.05) is 13.7 Å². The van der Waals surface area contributed by atoms with E-state index >= 15 is 0 Å². The van der Waals surface area contributed by atoms with Gasteiger partial charge in [-0.3, -0.25) is 4.79 Å². The zero-order valence-electron chi connectivity index (χ0n) is 20.3. The molecule has 0 aliphatic carbocycles. The fraction of sp³-hybridized carbons (Fsp3) is 0.296. The number of hydrogen-bond acceptors (Lipinski definition) is 5. The fourth-order valence-electron chi connectivity index (χ4n) is 3.34. The van der Waals surface area contributed by atoms with E-state index in [9.17, 15) is 13.2 Å². The zero-order chi connectivity index (χ0) is 25.3. The Morgan fingerprint density at radius 3 is 2.14 bits per heavy atom. The van der Waals surface area contributed by atoms with Crippen molar-refractivity contribution in [3.63, 3.8) is 0 Å². The van der Waals surface area contributed by atoms with Gasteiger partial charge in [-0.15, -0.1) is 0 Å². The minimum atomic E-state index is -3.66. The molecule has 3 aromatic carbocycles. The lowest BCUT2D eigenvalue weighted by Gasteiger charge is -2.15. The van der Waals surface area contributed by atoms with E-state index in [4.69, 9.17) is 9.47 Å². The standard InChI is InChI=1S/C27H32N2O5S/c1-4-5-18-34-25-12-10-22(11-13-25)20(2)29-27(30)23-8-6-21(7-9-23)19-28-35(31,32)26-16-14-24(33-3)15-17-26/h6-17,20,28H,4-5,18-19H2,1-3H3,(H,29,30)/t20-/m0/s1. The molecule has 1 atom stereocenters. The average molecular weight is 497 g/mol. The predicted octanol–water partition coefficient (Wildman–Crippen LogP) is 4.84. The third-order valence-corrected chi connectivity index (χ3v) is 6.96. The van der Waals surface area contributed by atoms with Crippen LogP contribution in [-0.2, 0) is 16.6 Å². The van der Waals surface area contributed by atoms with Crippen LogP contribution in [0.25, 0.3) is 0 Å². The molecule has 0 saturated heterocycles. The van der Waals surface area contributed by atoms with Crippen molar-refractivity contribution < 1.29 is 22.7 Å². The Hall–Kier alpha value is -3.36. The summed E-state index contributed by atoms with van der Waals surface area (Å²) in [4.78, 5) is 12.8. The van der Waals surface area contributed by atoms with E-state index in [-0.39, 0.29) is 23.4 Å². The first-order valence-corrected chi connectivity index (χ1v) is 13.1. The third kappa shape index (κ3) is 7.56. The van der Waals surface area contributed by atoms with E-state index in [0.29, 0.717) is 17.9 Å². The average Bonchev–Trinajstić information content (AvgIpc) is 2.88. The van der Waals surface area contributed by atoms with E-state index in [0.717, 1.165) is 29.7 Å². The normalized spacial score (nSPS) is 12.1. The second kappa shape index (κ2) is 12.4. The minimum absolute atomic E-state index is 0.110. The van der Waals surface area contributed by atoms with Crippen molar-refractivity contribution in [3.05, 3.63) is 89.5 Å². The van der Waals surface area contributed by atoms with Gasteiger partial charge in [0.2, 0.25) is 10.0 Å². The second-order valence-electron chi connectivity index (χ2n) is 8.16. The number of carbonyl (C=O) groups is 1. The van der Waals surface area contributed by atoms with Gasteiger partial charge in [0.25, 0.3) is 5.91 Å². The van der Waals surface area contributed by atoms with Crippen LogP contribution in [0.3, 0.4) is 0 Å². The van der Waals surface area contributed by atoms with E-state index in [2.05, 4.69) is 17.0 Å². The van der Waals surface area contributed by atoms with Gasteiger partial charge in [-0.2, -0.15) is 0 Å². The summed E-state index contributed by atoms with van der Waals surface area (Å²) in [5, 5.41) is 2.99. The molecule has 3 rings (SSSR count). The van der Waals surface area contributed by atoms with Crippen LogP contribution < -0.4 is 19.5 Å². The Morgan fingerprint density at radius 2 is 1.54 bits per heavy atom. The fourth-order valence-corrected chi connectivity index (χ4v) is 4.36. The van der Waals surface area contributed by atoms with Crippen molar-refractivity contribution in [1.82, 2.24) is 10.0 Å². The van der Waals surface area contributed by atoms with E-state index < -0.39 is 10.0 Å². The van der Waals surface area contributed by atoms with Gasteiger partial charge in [-0.25, -0.2) is 13.1 Å². The molecule has 0 heterocycles. The number of amides is 1. The van der Waals surface area contributed by atoms with Crippen LogP contribution in [0, 0.1) is 0 Å². The van der Waals surface area contributed by atoms with Crippen LogP contribution in [0.2, 0.25) is 0 Å². The minimum Gasteiger partial charge on any atom is -0.497 e. The highest BCUT2D eigenvalue weighted by molar-refractivity contribution is 7.89. The van der Waals surface area contributed by atoms with Gasteiger partial charge >= 0.3 is 0 Å². The molecule has 3 aromatic rings. The first-order valence-electron chi connectivity index (χ1n) is 11.6. The number of ether oxygens (including phenoxy) is 2. The summed E-state index contributed by atoms with van der Waals surface area (Å²) in [6, 6.07) is 20.6. The topological polar surface area (TPSA) is 93.7 Å². The van der Waals surface area contributed by atoms with E-state index in [1.165, 1.54) is 19.2 Å². The number of benzene rings is 3. The molecule has 0 aromatic heterocycles. The maximum absolute atomic E-state index is 12.7. The van der Waals surface area contributed by atoms with Gasteiger partial charge in [0.15, 0.2) is 0 Å². The summed E-state index contributed by atoms with van der Waals surface area (Å²) in [5.74, 6) is 1.20. The van der Waals surface area contributed by atoms with Gasteiger partial charge in [0.05, 0.1) is 24.7 Å². The van der Waals surface area contributed by atoms with Crippen LogP contribution in [0.15, 0.2) is 77.7 Å². The predicted molar refractivity (Wildman–Crippen MR) is 136 cm³/mol. The van der Waals surface area contributed by atoms with Crippen LogP contribution in [0.1, 0.15) is 54.2 Å². The molecule has 2 N–H and O–H groups in total. The smallest absolute Gasteiger partial charge is 0.251 e. The third-order valence-electron chi connectivity index (χ3n) is 5.55. The Bertz CT molecular complexity index is 1190. The lowest BCUT2D eigenvalue weighted by Crippen LogP contribution is -2.26. The molecule has 0 saturated carbocycles. The number of nitrogens with one attached hydrogen (secondary N) is 2. The molecule has 7 nitrogen and oxygen atoms in total. The molecule has 1 amide bonds. The number of sulfonamides is 1. The van der Waals surface area contributed by atoms with Crippen molar-refractivity contribution in [2.24, 2.45) is 0 Å². The molecule has 0 radical (unpaired) electrons. The summed E-state index contributed by atoms with van der Waals surface area (Å²) >= 11 is 0. The summed E-state index contributed by atoms with van der Waals surface area (Å²) in [6.07, 6.45) is 2.10. The monoisotopic (exact) mass is 496 g/mol. The summed E-state index contributed by atoms with van der Waals surface area (Å²) in [6.45, 7) is 4.85. The first kappa shape index (κ1) is 26.2. The molecule has 0 fully saturated rings. The highest BCUT2D eigenvalue weighted by Gasteiger charge is 2.15. The Balaban J connectivity index is 1.53. The zero-order valence-corrected chi connectivity index (χ0v) is 21.1. The maximum atomic E-state index is 12.7. The van der Waals surface area contributed by atoms with E-state index in [1.807, 2.05) is 31.2 Å². The molecule has 0 spiro atoms. The van der Waals surface area contributed by atoms with Gasteiger partial charge < -0.3 is 14.8 Å². The van der Waals surface area contributed by atoms with Gasteiger partial charge in [0, 0.05) is 12.1 Å². The van der Waals surface area contributed by atoms with E-state index in [1.54, 1.807) is 36.4 Å². The molecule has 0 bridgehead atoms. The SMILES string of the molecule is CCCCOc1ccc([C@H](C)NC(=O)c2ccc(CNS(=O)(=O)c3ccc(OC)cc3)cc2)cc1. The second-order valence-corrected chi connectivity index (χ2v) is 9.93. The lowest BCUT2D eigenvalue weighted by atomic mass is 10.1. The quantitative estimate of drug-likeness (QED) is 0.350. The van der Waals surface area contributed by atoms with Gasteiger partial charge in [-0.05, 0) is 73.0 Å². The van der Waals surface area contributed by atoms with Gasteiger partial charge in [0.1, 0.15) is 11.5 Å². The van der Waals surface area contributed by atoms with Crippen LogP contribution in [0.4, 0.5) is 0 Å². The van der Waals surface area contributed by atoms with Gasteiger partial charge in [-0.1, -0.05) is 37.6 Å². The maximum Gasteiger partial charge on any atom is 0.251 e. The number of carbonyl (C=O) groups excluding carboxylic acids is 1. The Kier molecular flexibility index (Phi) is 9.28. The van der Waals surface area contributed by atoms with Crippen molar-refractivity contribution >= 4 is 15.9 Å². The molecule has 0 unspecified atom stereocenters. The van der Waals surface area contributed by atoms with Crippen LogP contribution in [-0.4, -0.2) is 28.0 Å².